The first-order valence-electron chi connectivity index (χ1n) is 12.3. The molecule has 2 heterocycles. The van der Waals surface area contributed by atoms with Gasteiger partial charge in [-0.25, -0.2) is 4.73 Å². The van der Waals surface area contributed by atoms with Crippen molar-refractivity contribution < 1.29 is 19.4 Å². The Labute approximate surface area is 204 Å². The second-order valence-electron chi connectivity index (χ2n) is 10.4. The molecule has 2 aliphatic carbocycles. The number of fused-ring (bicyclic) bond motifs is 1. The van der Waals surface area contributed by atoms with Gasteiger partial charge in [0.05, 0.1) is 43.5 Å². The number of rotatable bonds is 7. The maximum atomic E-state index is 13.1. The molecule has 2 aliphatic rings. The first kappa shape index (κ1) is 23.4. The number of nitrogens with zero attached hydrogens (tertiary/aromatic N) is 4. The third-order valence-electron chi connectivity index (χ3n) is 7.07. The molecule has 1 aromatic carbocycles. The van der Waals surface area contributed by atoms with Crippen molar-refractivity contribution in [2.75, 3.05) is 30.9 Å². The zero-order valence-electron chi connectivity index (χ0n) is 20.5. The summed E-state index contributed by atoms with van der Waals surface area (Å²) in [5.41, 5.74) is 0.714. The fourth-order valence-electron chi connectivity index (χ4n) is 4.63. The van der Waals surface area contributed by atoms with Crippen LogP contribution in [0.15, 0.2) is 36.5 Å². The number of nitrogens with one attached hydrogen (secondary N) is 1. The first-order chi connectivity index (χ1) is 16.7. The molecular formula is C26H33N5O4. The molecule has 35 heavy (non-hydrogen) atoms. The van der Waals surface area contributed by atoms with Gasteiger partial charge in [-0.2, -0.15) is 5.10 Å². The molecular weight excluding hydrogens is 446 g/mol. The molecule has 2 N–H and O–H groups in total. The monoisotopic (exact) mass is 479 g/mol. The molecule has 3 aromatic rings. The van der Waals surface area contributed by atoms with Crippen LogP contribution >= 0.6 is 0 Å². The Morgan fingerprint density at radius 1 is 1.29 bits per heavy atom. The topological polar surface area (TPSA) is 107 Å². The van der Waals surface area contributed by atoms with E-state index in [-0.39, 0.29) is 11.7 Å². The molecule has 0 saturated heterocycles. The van der Waals surface area contributed by atoms with Crippen LogP contribution in [0.2, 0.25) is 0 Å². The molecule has 2 fully saturated rings. The summed E-state index contributed by atoms with van der Waals surface area (Å²) in [5.74, 6) is 0.977. The molecule has 5 rings (SSSR count). The normalized spacial score (nSPS) is 22.2. The summed E-state index contributed by atoms with van der Waals surface area (Å²) in [6.45, 7) is 2.48. The van der Waals surface area contributed by atoms with Gasteiger partial charge in [0.25, 0.3) is 11.7 Å². The molecule has 0 aliphatic heterocycles. The molecule has 9 nitrogen and oxygen atoms in total. The highest BCUT2D eigenvalue weighted by Gasteiger charge is 2.30. The Balaban J connectivity index is 1.44. The predicted octanol–water partition coefficient (Wildman–Crippen LogP) is 3.64. The van der Waals surface area contributed by atoms with Crippen molar-refractivity contribution in [1.29, 1.82) is 0 Å². The van der Waals surface area contributed by atoms with Gasteiger partial charge in [-0.15, -0.1) is 0 Å². The van der Waals surface area contributed by atoms with Crippen LogP contribution in [0.3, 0.4) is 0 Å². The molecule has 2 aromatic heterocycles. The molecule has 0 radical (unpaired) electrons. The number of aliphatic hydroxyl groups is 1. The highest BCUT2D eigenvalue weighted by Crippen LogP contribution is 2.37. The van der Waals surface area contributed by atoms with Crippen LogP contribution in [-0.2, 0) is 0 Å². The van der Waals surface area contributed by atoms with Crippen molar-refractivity contribution in [3.8, 4) is 5.75 Å². The van der Waals surface area contributed by atoms with E-state index < -0.39 is 11.5 Å². The molecule has 1 amide bonds. The lowest BCUT2D eigenvalue weighted by molar-refractivity contribution is -0.594. The van der Waals surface area contributed by atoms with E-state index in [2.05, 4.69) is 5.32 Å². The SMILES string of the molecule is CN(C)c1cccc(C(=O)Nc2cc3cn(C4CCC(C)(O)CC4)nc3cc2OCC2CC2)[n+]1[O-]. The summed E-state index contributed by atoms with van der Waals surface area (Å²) >= 11 is 0. The summed E-state index contributed by atoms with van der Waals surface area (Å²) in [5, 5.41) is 31.6. The van der Waals surface area contributed by atoms with E-state index in [1.54, 1.807) is 31.1 Å². The van der Waals surface area contributed by atoms with E-state index in [9.17, 15) is 15.1 Å². The second kappa shape index (κ2) is 9.03. The highest BCUT2D eigenvalue weighted by molar-refractivity contribution is 6.04. The summed E-state index contributed by atoms with van der Waals surface area (Å²) in [6.07, 6.45) is 7.50. The lowest BCUT2D eigenvalue weighted by atomic mass is 9.84. The quantitative estimate of drug-likeness (QED) is 0.396. The molecule has 2 saturated carbocycles. The molecule has 9 heteroatoms. The molecule has 0 spiro atoms. The van der Waals surface area contributed by atoms with Gasteiger partial charge < -0.3 is 20.4 Å². The Morgan fingerprint density at radius 2 is 2.03 bits per heavy atom. The zero-order valence-corrected chi connectivity index (χ0v) is 20.5. The van der Waals surface area contributed by atoms with Gasteiger partial charge in [0, 0.05) is 23.7 Å². The summed E-state index contributed by atoms with van der Waals surface area (Å²) in [7, 11) is 3.52. The molecule has 0 atom stereocenters. The second-order valence-corrected chi connectivity index (χ2v) is 10.4. The number of carbonyl (C=O) groups is 1. The Bertz CT molecular complexity index is 1240. The first-order valence-corrected chi connectivity index (χ1v) is 12.3. The standard InChI is InChI=1S/C26H33N5O4/c1-26(33)11-9-19(10-12-26)30-15-18-13-21(23(14-20(18)28-30)35-16-17-7-8-17)27-25(32)22-5-4-6-24(29(2)3)31(22)34/h4-6,13-15,17,19,33H,7-12,16H2,1-3H3,(H,27,32). The average Bonchev–Trinajstić information content (AvgIpc) is 3.55. The average molecular weight is 480 g/mol. The van der Waals surface area contributed by atoms with Crippen LogP contribution in [0.5, 0.6) is 5.75 Å². The Morgan fingerprint density at radius 3 is 2.71 bits per heavy atom. The van der Waals surface area contributed by atoms with Gasteiger partial charge in [-0.05, 0) is 69.6 Å². The molecule has 0 bridgehead atoms. The third-order valence-corrected chi connectivity index (χ3v) is 7.07. The zero-order chi connectivity index (χ0) is 24.7. The lowest BCUT2D eigenvalue weighted by Gasteiger charge is -2.33. The number of pyridine rings is 1. The van der Waals surface area contributed by atoms with Gasteiger partial charge in [0.15, 0.2) is 5.69 Å². The molecule has 186 valence electrons. The lowest BCUT2D eigenvalue weighted by Crippen LogP contribution is -2.41. The van der Waals surface area contributed by atoms with Crippen molar-refractivity contribution in [3.63, 3.8) is 0 Å². The number of anilines is 2. The number of ether oxygens (including phenoxy) is 1. The minimum Gasteiger partial charge on any atom is -0.710 e. The van der Waals surface area contributed by atoms with Crippen molar-refractivity contribution in [1.82, 2.24) is 9.78 Å². The molecule has 0 unspecified atom stereocenters. The number of amides is 1. The number of hydrogen-bond donors (Lipinski definition) is 2. The summed E-state index contributed by atoms with van der Waals surface area (Å²) in [4.78, 5) is 14.8. The van der Waals surface area contributed by atoms with Crippen LogP contribution in [0.1, 0.15) is 62.0 Å². The van der Waals surface area contributed by atoms with Gasteiger partial charge in [-0.1, -0.05) is 0 Å². The van der Waals surface area contributed by atoms with Crippen LogP contribution < -0.4 is 19.7 Å². The van der Waals surface area contributed by atoms with E-state index >= 15 is 0 Å². The predicted molar refractivity (Wildman–Crippen MR) is 134 cm³/mol. The van der Waals surface area contributed by atoms with Gasteiger partial charge in [-0.3, -0.25) is 14.4 Å². The number of aromatic nitrogens is 3. The van der Waals surface area contributed by atoms with Crippen LogP contribution in [0.25, 0.3) is 10.9 Å². The summed E-state index contributed by atoms with van der Waals surface area (Å²) < 4.78 is 8.70. The summed E-state index contributed by atoms with van der Waals surface area (Å²) in [6, 6.07) is 8.82. The van der Waals surface area contributed by atoms with Crippen molar-refractivity contribution in [2.24, 2.45) is 5.92 Å². The maximum absolute atomic E-state index is 13.1. The van der Waals surface area contributed by atoms with E-state index in [0.717, 1.165) is 49.4 Å². The van der Waals surface area contributed by atoms with E-state index in [1.807, 2.05) is 29.9 Å². The van der Waals surface area contributed by atoms with Crippen LogP contribution in [0.4, 0.5) is 11.5 Å². The largest absolute Gasteiger partial charge is 0.710 e. The van der Waals surface area contributed by atoms with Gasteiger partial charge in [0.1, 0.15) is 5.75 Å². The minimum absolute atomic E-state index is 0.00870. The highest BCUT2D eigenvalue weighted by atomic mass is 16.5. The van der Waals surface area contributed by atoms with Crippen molar-refractivity contribution >= 4 is 28.3 Å². The van der Waals surface area contributed by atoms with Crippen LogP contribution in [0, 0.1) is 11.1 Å². The number of carbonyl (C=O) groups excluding carboxylic acids is 1. The Hall–Kier alpha value is -3.33. The van der Waals surface area contributed by atoms with Crippen molar-refractivity contribution in [2.45, 2.75) is 57.1 Å². The number of hydrogen-bond acceptors (Lipinski definition) is 6. The smallest absolute Gasteiger partial charge is 0.296 e. The van der Waals surface area contributed by atoms with Gasteiger partial charge in [0.2, 0.25) is 0 Å². The van der Waals surface area contributed by atoms with Crippen molar-refractivity contribution in [3.05, 3.63) is 47.4 Å². The van der Waals surface area contributed by atoms with Gasteiger partial charge >= 0.3 is 0 Å². The van der Waals surface area contributed by atoms with E-state index in [4.69, 9.17) is 9.84 Å². The van der Waals surface area contributed by atoms with E-state index in [0.29, 0.717) is 34.5 Å². The van der Waals surface area contributed by atoms with E-state index in [1.165, 1.54) is 6.07 Å². The Kier molecular flexibility index (Phi) is 6.04. The minimum atomic E-state index is -0.605. The maximum Gasteiger partial charge on any atom is 0.296 e. The fraction of sp³-hybridized carbons (Fsp3) is 0.500. The number of benzene rings is 1. The fourth-order valence-corrected chi connectivity index (χ4v) is 4.63. The third kappa shape index (κ3) is 5.05. The van der Waals surface area contributed by atoms with Crippen LogP contribution in [-0.4, -0.2) is 47.1 Å².